The zero-order chi connectivity index (χ0) is 24.7. The van der Waals surface area contributed by atoms with Crippen LogP contribution in [0.3, 0.4) is 0 Å². The molecule has 1 aliphatic rings. The Morgan fingerprint density at radius 2 is 1.84 bits per heavy atom. The van der Waals surface area contributed by atoms with Crippen molar-refractivity contribution < 1.29 is 66.2 Å². The van der Waals surface area contributed by atoms with Gasteiger partial charge < -0.3 is 40.3 Å². The normalized spacial score (nSPS) is 29.9. The third kappa shape index (κ3) is 6.36. The van der Waals surface area contributed by atoms with Gasteiger partial charge in [-0.2, -0.15) is 8.62 Å². The minimum atomic E-state index is -5.77. The number of phosphoric ester groups is 1. The summed E-state index contributed by atoms with van der Waals surface area (Å²) >= 11 is 0. The van der Waals surface area contributed by atoms with Gasteiger partial charge >= 0.3 is 23.5 Å². The first-order valence-electron chi connectivity index (χ1n) is 8.07. The molecule has 1 amide bonds. The summed E-state index contributed by atoms with van der Waals surface area (Å²) in [5, 5.41) is 20.8. The summed E-state index contributed by atoms with van der Waals surface area (Å²) in [5.41, 5.74) is 0.978. The maximum Gasteiger partial charge on any atom is 0.490 e. The summed E-state index contributed by atoms with van der Waals surface area (Å²) in [4.78, 5) is 62.7. The first-order valence-corrected chi connectivity index (χ1v) is 12.6. The van der Waals surface area contributed by atoms with Crippen molar-refractivity contribution in [2.24, 2.45) is 5.73 Å². The van der Waals surface area contributed by atoms with E-state index in [1.807, 2.05) is 0 Å². The molecule has 1 saturated heterocycles. The molecule has 2 heterocycles. The smallest absolute Gasteiger partial charge is 0.387 e. The van der Waals surface area contributed by atoms with Crippen molar-refractivity contribution in [1.29, 1.82) is 0 Å². The van der Waals surface area contributed by atoms with Crippen LogP contribution < -0.4 is 11.3 Å². The number of rotatable bonds is 9. The van der Waals surface area contributed by atoms with Gasteiger partial charge in [-0.1, -0.05) is 0 Å². The number of primary amides is 1. The van der Waals surface area contributed by atoms with Gasteiger partial charge in [-0.3, -0.25) is 18.7 Å². The Labute approximate surface area is 177 Å². The Morgan fingerprint density at radius 3 is 2.38 bits per heavy atom. The highest BCUT2D eigenvalue weighted by atomic mass is 31.3. The van der Waals surface area contributed by atoms with Crippen LogP contribution in [0.15, 0.2) is 17.2 Å². The molecule has 0 aromatic carbocycles. The van der Waals surface area contributed by atoms with E-state index in [0.29, 0.717) is 4.57 Å². The molecule has 8 N–H and O–H groups in total. The minimum absolute atomic E-state index is 0.668. The number of ether oxygens (including phenoxy) is 1. The van der Waals surface area contributed by atoms with E-state index in [2.05, 4.69) is 18.1 Å². The lowest BCUT2D eigenvalue weighted by Crippen LogP contribution is -2.46. The summed E-state index contributed by atoms with van der Waals surface area (Å²) in [7, 11) is -16.9. The molecule has 18 nitrogen and oxygen atoms in total. The molecule has 32 heavy (non-hydrogen) atoms. The fourth-order valence-corrected chi connectivity index (χ4v) is 5.66. The average Bonchev–Trinajstić information content (AvgIpc) is 2.80. The van der Waals surface area contributed by atoms with Gasteiger partial charge in [0.15, 0.2) is 11.9 Å². The third-order valence-electron chi connectivity index (χ3n) is 3.93. The largest absolute Gasteiger partial charge is 0.490 e. The van der Waals surface area contributed by atoms with Crippen LogP contribution in [0.5, 0.6) is 0 Å². The highest BCUT2D eigenvalue weighted by Gasteiger charge is 2.54. The van der Waals surface area contributed by atoms with Crippen LogP contribution >= 0.6 is 23.5 Å². The summed E-state index contributed by atoms with van der Waals surface area (Å²) < 4.78 is 51.1. The fourth-order valence-electron chi connectivity index (χ4n) is 2.63. The van der Waals surface area contributed by atoms with Crippen molar-refractivity contribution >= 4 is 29.4 Å². The Kier molecular flexibility index (Phi) is 7.66. The monoisotopic (exact) mass is 525 g/mol. The SMILES string of the molecule is CC1(O)C(O)[C@@H](COP(=O)(O)OP(=O)(O)OP(=O)(O)O)O[C@@H]1n1ccnc(C(N)=O)c1=O. The molecule has 21 heteroatoms. The summed E-state index contributed by atoms with van der Waals surface area (Å²) in [5.74, 6) is -1.19. The van der Waals surface area contributed by atoms with E-state index in [1.54, 1.807) is 0 Å². The van der Waals surface area contributed by atoms with Gasteiger partial charge in [0.25, 0.3) is 11.5 Å². The van der Waals surface area contributed by atoms with Gasteiger partial charge in [-0.15, -0.1) is 0 Å². The van der Waals surface area contributed by atoms with Gasteiger partial charge in [-0.25, -0.2) is 18.7 Å². The van der Waals surface area contributed by atoms with Crippen LogP contribution in [0.4, 0.5) is 0 Å². The molecule has 182 valence electrons. The van der Waals surface area contributed by atoms with E-state index in [-0.39, 0.29) is 0 Å². The standard InChI is InChI=1S/C11H18N3O15P3/c1-11(18)7(15)5(4-26-31(22,23)29-32(24,25)28-30(19,20)21)27-10(11)14-3-2-13-6(8(12)16)9(14)17/h2-3,5,7,10,15,18H,4H2,1H3,(H2,12,16)(H,22,23)(H,24,25)(H2,19,20,21)/t5-,7?,10+,11?/m1/s1. The number of carbonyl (C=O) groups excluding carboxylic acids is 1. The van der Waals surface area contributed by atoms with Gasteiger partial charge in [0, 0.05) is 12.4 Å². The van der Waals surface area contributed by atoms with Crippen molar-refractivity contribution in [3.63, 3.8) is 0 Å². The van der Waals surface area contributed by atoms with Crippen molar-refractivity contribution in [3.8, 4) is 0 Å². The summed E-state index contributed by atoms with van der Waals surface area (Å²) in [6.07, 6.45) is -3.26. The van der Waals surface area contributed by atoms with Crippen LogP contribution in [-0.4, -0.2) is 69.7 Å². The predicted molar refractivity (Wildman–Crippen MR) is 97.4 cm³/mol. The van der Waals surface area contributed by atoms with Gasteiger partial charge in [0.1, 0.15) is 17.8 Å². The van der Waals surface area contributed by atoms with E-state index in [4.69, 9.17) is 25.2 Å². The molecule has 0 bridgehead atoms. The molecule has 0 aliphatic carbocycles. The maximum absolute atomic E-state index is 12.3. The van der Waals surface area contributed by atoms with Gasteiger partial charge in [0.2, 0.25) is 0 Å². The van der Waals surface area contributed by atoms with Crippen molar-refractivity contribution in [2.75, 3.05) is 6.61 Å². The van der Waals surface area contributed by atoms with Crippen LogP contribution in [0, 0.1) is 0 Å². The highest BCUT2D eigenvalue weighted by Crippen LogP contribution is 2.66. The van der Waals surface area contributed by atoms with E-state index in [1.165, 1.54) is 0 Å². The topological polar surface area (TPSA) is 287 Å². The van der Waals surface area contributed by atoms with E-state index in [0.717, 1.165) is 19.3 Å². The second-order valence-electron chi connectivity index (χ2n) is 6.44. The van der Waals surface area contributed by atoms with E-state index >= 15 is 0 Å². The zero-order valence-electron chi connectivity index (χ0n) is 15.8. The Bertz CT molecular complexity index is 1080. The summed E-state index contributed by atoms with van der Waals surface area (Å²) in [6, 6.07) is 0. The Balaban J connectivity index is 2.18. The number of amides is 1. The molecular weight excluding hydrogens is 507 g/mol. The molecule has 6 atom stereocenters. The average molecular weight is 525 g/mol. The number of carbonyl (C=O) groups is 1. The van der Waals surface area contributed by atoms with Crippen LogP contribution in [0.1, 0.15) is 23.6 Å². The van der Waals surface area contributed by atoms with Crippen molar-refractivity contribution in [3.05, 3.63) is 28.4 Å². The lowest BCUT2D eigenvalue weighted by molar-refractivity contribution is -0.0982. The number of hydrogen-bond acceptors (Lipinski definition) is 12. The molecule has 2 rings (SSSR count). The molecule has 1 aromatic heterocycles. The zero-order valence-corrected chi connectivity index (χ0v) is 18.4. The number of nitrogens with two attached hydrogens (primary N) is 1. The first kappa shape index (κ1) is 26.9. The number of phosphoric acid groups is 3. The van der Waals surface area contributed by atoms with Crippen LogP contribution in [0.2, 0.25) is 0 Å². The third-order valence-corrected chi connectivity index (χ3v) is 7.73. The molecule has 0 spiro atoms. The molecule has 0 saturated carbocycles. The molecule has 1 aliphatic heterocycles. The maximum atomic E-state index is 12.3. The van der Waals surface area contributed by atoms with Crippen LogP contribution in [-0.2, 0) is 31.6 Å². The lowest BCUT2D eigenvalue weighted by Gasteiger charge is -2.27. The Morgan fingerprint density at radius 1 is 1.25 bits per heavy atom. The number of nitrogens with zero attached hydrogens (tertiary/aromatic N) is 2. The molecule has 4 unspecified atom stereocenters. The number of aromatic nitrogens is 2. The minimum Gasteiger partial charge on any atom is -0.387 e. The molecular formula is C11H18N3O15P3. The lowest BCUT2D eigenvalue weighted by atomic mass is 9.96. The second kappa shape index (κ2) is 9.12. The van der Waals surface area contributed by atoms with E-state index in [9.17, 15) is 38.4 Å². The Hall–Kier alpha value is -1.36. The molecule has 1 fully saturated rings. The summed E-state index contributed by atoms with van der Waals surface area (Å²) in [6.45, 7) is -0.0794. The number of aliphatic hydroxyl groups is 2. The first-order chi connectivity index (χ1) is 14.4. The quantitative estimate of drug-likeness (QED) is 0.167. The molecule has 0 radical (unpaired) electrons. The van der Waals surface area contributed by atoms with Gasteiger partial charge in [0.05, 0.1) is 6.61 Å². The van der Waals surface area contributed by atoms with Crippen molar-refractivity contribution in [1.82, 2.24) is 9.55 Å². The predicted octanol–water partition coefficient (Wildman–Crippen LogP) is -2.31. The van der Waals surface area contributed by atoms with Gasteiger partial charge in [-0.05, 0) is 6.92 Å². The number of hydrogen-bond donors (Lipinski definition) is 7. The van der Waals surface area contributed by atoms with Crippen molar-refractivity contribution in [2.45, 2.75) is 31.0 Å². The number of aliphatic hydroxyl groups excluding tert-OH is 1. The van der Waals surface area contributed by atoms with Crippen LogP contribution in [0.25, 0.3) is 0 Å². The van der Waals surface area contributed by atoms with E-state index < -0.39 is 71.3 Å². The highest BCUT2D eigenvalue weighted by molar-refractivity contribution is 7.66. The second-order valence-corrected chi connectivity index (χ2v) is 10.9. The fraction of sp³-hybridized carbons (Fsp3) is 0.545. The molecule has 1 aromatic rings.